The number of halogens is 1. The predicted octanol–water partition coefficient (Wildman–Crippen LogP) is 4.40. The summed E-state index contributed by atoms with van der Waals surface area (Å²) >= 11 is 5.98. The standard InChI is InChI=1S/C28H28ClN3O4S/c29-23-12-14-24(15-13-23)37(35,36)32(26-7-3-4-17-30-27(26)33)19-20-8-10-22(11-9-20)28(34)31-18-16-21-5-1-2-6-25(21)31/h1-2,5-6,8-15,26H,3-4,7,16-19H2,(H,30,33)/t26-/m1/s1. The number of nitrogens with zero attached hydrogens (tertiary/aromatic N) is 2. The van der Waals surface area contributed by atoms with Gasteiger partial charge in [-0.25, -0.2) is 8.42 Å². The zero-order valence-electron chi connectivity index (χ0n) is 20.3. The number of anilines is 1. The highest BCUT2D eigenvalue weighted by Crippen LogP contribution is 2.30. The second-order valence-corrected chi connectivity index (χ2v) is 11.7. The summed E-state index contributed by atoms with van der Waals surface area (Å²) in [7, 11) is -4.00. The van der Waals surface area contributed by atoms with Gasteiger partial charge in [0.15, 0.2) is 0 Å². The molecule has 0 bridgehead atoms. The van der Waals surface area contributed by atoms with Gasteiger partial charge in [-0.2, -0.15) is 4.31 Å². The van der Waals surface area contributed by atoms with E-state index in [1.54, 1.807) is 29.2 Å². The summed E-state index contributed by atoms with van der Waals surface area (Å²) in [6, 6.07) is 20.0. The lowest BCUT2D eigenvalue weighted by molar-refractivity contribution is -0.124. The van der Waals surface area contributed by atoms with Crippen molar-refractivity contribution in [3.8, 4) is 0 Å². The number of benzene rings is 3. The molecule has 5 rings (SSSR count). The molecule has 192 valence electrons. The van der Waals surface area contributed by atoms with Gasteiger partial charge in [-0.15, -0.1) is 0 Å². The van der Waals surface area contributed by atoms with Crippen molar-refractivity contribution in [2.75, 3.05) is 18.0 Å². The van der Waals surface area contributed by atoms with Crippen LogP contribution in [0.2, 0.25) is 5.02 Å². The lowest BCUT2D eigenvalue weighted by atomic mass is 10.1. The second kappa shape index (κ2) is 10.7. The fourth-order valence-electron chi connectivity index (χ4n) is 4.94. The fourth-order valence-corrected chi connectivity index (χ4v) is 6.67. The Morgan fingerprint density at radius 1 is 1.00 bits per heavy atom. The van der Waals surface area contributed by atoms with Crippen molar-refractivity contribution in [1.29, 1.82) is 0 Å². The molecule has 0 aromatic heterocycles. The Balaban J connectivity index is 1.42. The van der Waals surface area contributed by atoms with Crippen molar-refractivity contribution < 1.29 is 18.0 Å². The number of fused-ring (bicyclic) bond motifs is 1. The maximum atomic E-state index is 13.7. The summed E-state index contributed by atoms with van der Waals surface area (Å²) in [6.45, 7) is 1.16. The zero-order chi connectivity index (χ0) is 26.0. The van der Waals surface area contributed by atoms with Crippen molar-refractivity contribution in [1.82, 2.24) is 9.62 Å². The van der Waals surface area contributed by atoms with Crippen molar-refractivity contribution in [3.63, 3.8) is 0 Å². The molecule has 2 heterocycles. The van der Waals surface area contributed by atoms with Crippen LogP contribution in [0.25, 0.3) is 0 Å². The second-order valence-electron chi connectivity index (χ2n) is 9.34. The third kappa shape index (κ3) is 5.28. The summed E-state index contributed by atoms with van der Waals surface area (Å²) in [6.07, 6.45) is 2.79. The van der Waals surface area contributed by atoms with Crippen LogP contribution in [0.15, 0.2) is 77.7 Å². The van der Waals surface area contributed by atoms with Crippen molar-refractivity contribution in [2.24, 2.45) is 0 Å². The predicted molar refractivity (Wildman–Crippen MR) is 143 cm³/mol. The molecular weight excluding hydrogens is 510 g/mol. The van der Waals surface area contributed by atoms with Gasteiger partial charge >= 0.3 is 0 Å². The Bertz CT molecular complexity index is 1410. The lowest BCUT2D eigenvalue weighted by Gasteiger charge is -2.29. The van der Waals surface area contributed by atoms with Gasteiger partial charge in [0.1, 0.15) is 6.04 Å². The van der Waals surface area contributed by atoms with Gasteiger partial charge in [-0.3, -0.25) is 9.59 Å². The Morgan fingerprint density at radius 2 is 1.73 bits per heavy atom. The summed E-state index contributed by atoms with van der Waals surface area (Å²) in [5.41, 5.74) is 3.29. The molecule has 1 saturated heterocycles. The Morgan fingerprint density at radius 3 is 2.49 bits per heavy atom. The largest absolute Gasteiger partial charge is 0.355 e. The number of rotatable bonds is 6. The summed E-state index contributed by atoms with van der Waals surface area (Å²) in [4.78, 5) is 27.9. The summed E-state index contributed by atoms with van der Waals surface area (Å²) in [5.74, 6) is -0.389. The topological polar surface area (TPSA) is 86.8 Å². The van der Waals surface area contributed by atoms with Crippen LogP contribution < -0.4 is 10.2 Å². The van der Waals surface area contributed by atoms with Crippen LogP contribution >= 0.6 is 11.6 Å². The number of carbonyl (C=O) groups is 2. The summed E-state index contributed by atoms with van der Waals surface area (Å²) < 4.78 is 28.7. The molecule has 9 heteroatoms. The van der Waals surface area contributed by atoms with Gasteiger partial charge in [0.05, 0.1) is 4.90 Å². The van der Waals surface area contributed by atoms with Gasteiger partial charge in [0.25, 0.3) is 5.91 Å². The molecule has 0 unspecified atom stereocenters. The van der Waals surface area contributed by atoms with Crippen molar-refractivity contribution in [2.45, 2.75) is 43.2 Å². The first kappa shape index (κ1) is 25.4. The Kier molecular flexibility index (Phi) is 7.33. The smallest absolute Gasteiger partial charge is 0.258 e. The number of nitrogens with one attached hydrogen (secondary N) is 1. The first-order valence-electron chi connectivity index (χ1n) is 12.4. The molecule has 0 aliphatic carbocycles. The van der Waals surface area contributed by atoms with E-state index in [4.69, 9.17) is 11.6 Å². The zero-order valence-corrected chi connectivity index (χ0v) is 21.8. The van der Waals surface area contributed by atoms with Gasteiger partial charge in [0.2, 0.25) is 15.9 Å². The average molecular weight is 538 g/mol. The normalized spacial score (nSPS) is 17.8. The molecule has 0 radical (unpaired) electrons. The number of hydrogen-bond donors (Lipinski definition) is 1. The molecule has 2 aliphatic rings. The SMILES string of the molecule is O=C1NCCCC[C@H]1N(Cc1ccc(C(=O)N2CCc3ccccc32)cc1)S(=O)(=O)c1ccc(Cl)cc1. The van der Waals surface area contributed by atoms with Gasteiger partial charge in [-0.05, 0) is 79.3 Å². The number of carbonyl (C=O) groups excluding carboxylic acids is 2. The lowest BCUT2D eigenvalue weighted by Crippen LogP contribution is -2.48. The maximum Gasteiger partial charge on any atom is 0.258 e. The highest BCUT2D eigenvalue weighted by Gasteiger charge is 2.36. The molecule has 7 nitrogen and oxygen atoms in total. The molecular formula is C28H28ClN3O4S. The number of sulfonamides is 1. The minimum atomic E-state index is -4.00. The average Bonchev–Trinajstić information content (AvgIpc) is 3.22. The maximum absolute atomic E-state index is 13.7. The van der Waals surface area contributed by atoms with Crippen LogP contribution in [0.5, 0.6) is 0 Å². The monoisotopic (exact) mass is 537 g/mol. The molecule has 2 aliphatic heterocycles. The molecule has 0 spiro atoms. The van der Waals surface area contributed by atoms with E-state index >= 15 is 0 Å². The van der Waals surface area contributed by atoms with Crippen molar-refractivity contribution >= 4 is 39.1 Å². The quantitative estimate of drug-likeness (QED) is 0.505. The molecule has 2 amide bonds. The third-order valence-electron chi connectivity index (χ3n) is 6.95. The molecule has 0 saturated carbocycles. The minimum Gasteiger partial charge on any atom is -0.355 e. The number of amides is 2. The molecule has 37 heavy (non-hydrogen) atoms. The van der Waals surface area contributed by atoms with E-state index in [0.29, 0.717) is 35.7 Å². The van der Waals surface area contributed by atoms with E-state index in [1.165, 1.54) is 28.6 Å². The minimum absolute atomic E-state index is 0.00403. The first-order valence-corrected chi connectivity index (χ1v) is 14.2. The molecule has 1 atom stereocenters. The van der Waals surface area contributed by atoms with E-state index in [1.807, 2.05) is 24.3 Å². The van der Waals surface area contributed by atoms with Gasteiger partial charge in [0, 0.05) is 35.9 Å². The van der Waals surface area contributed by atoms with E-state index in [0.717, 1.165) is 30.5 Å². The van der Waals surface area contributed by atoms with E-state index in [9.17, 15) is 18.0 Å². The van der Waals surface area contributed by atoms with E-state index in [-0.39, 0.29) is 23.3 Å². The summed E-state index contributed by atoms with van der Waals surface area (Å²) in [5, 5.41) is 3.27. The van der Waals surface area contributed by atoms with E-state index < -0.39 is 16.1 Å². The van der Waals surface area contributed by atoms with Crippen LogP contribution in [-0.2, 0) is 27.8 Å². The highest BCUT2D eigenvalue weighted by molar-refractivity contribution is 7.89. The molecule has 3 aromatic carbocycles. The van der Waals surface area contributed by atoms with Crippen LogP contribution in [0.1, 0.15) is 40.7 Å². The van der Waals surface area contributed by atoms with Gasteiger partial charge in [-0.1, -0.05) is 41.9 Å². The van der Waals surface area contributed by atoms with Crippen LogP contribution in [0, 0.1) is 0 Å². The number of para-hydroxylation sites is 1. The van der Waals surface area contributed by atoms with Crippen LogP contribution in [0.4, 0.5) is 5.69 Å². The molecule has 1 N–H and O–H groups in total. The van der Waals surface area contributed by atoms with Gasteiger partial charge < -0.3 is 10.2 Å². The Labute approximate surface area is 222 Å². The van der Waals surface area contributed by atoms with Crippen LogP contribution in [-0.4, -0.2) is 43.7 Å². The third-order valence-corrected chi connectivity index (χ3v) is 9.07. The van der Waals surface area contributed by atoms with Crippen LogP contribution in [0.3, 0.4) is 0 Å². The highest BCUT2D eigenvalue weighted by atomic mass is 35.5. The first-order chi connectivity index (χ1) is 17.8. The van der Waals surface area contributed by atoms with Crippen molar-refractivity contribution in [3.05, 3.63) is 94.5 Å². The Hall–Kier alpha value is -3.20. The number of hydrogen-bond acceptors (Lipinski definition) is 4. The van der Waals surface area contributed by atoms with E-state index in [2.05, 4.69) is 5.32 Å². The molecule has 1 fully saturated rings. The fraction of sp³-hybridized carbons (Fsp3) is 0.286. The molecule has 3 aromatic rings.